The monoisotopic (exact) mass is 699 g/mol. The number of benzene rings is 5. The molecular formula is C37H32BrClNO2PS. The second-order valence-electron chi connectivity index (χ2n) is 10.8. The molecular weight excluding hydrogens is 669 g/mol. The smallest absolute Gasteiger partial charge is 0.268 e. The molecule has 44 heavy (non-hydrogen) atoms. The van der Waals surface area contributed by atoms with Crippen molar-refractivity contribution >= 4 is 44.8 Å². The maximum absolute atomic E-state index is 14.2. The van der Waals surface area contributed by atoms with Gasteiger partial charge in [0, 0.05) is 16.8 Å². The molecule has 0 fully saturated rings. The number of hydrogen-bond acceptors (Lipinski definition) is 2. The zero-order chi connectivity index (χ0) is 30.0. The summed E-state index contributed by atoms with van der Waals surface area (Å²) in [7, 11) is -6.14. The molecule has 0 aliphatic heterocycles. The van der Waals surface area contributed by atoms with Crippen LogP contribution in [0.5, 0.6) is 0 Å². The Morgan fingerprint density at radius 2 is 1.16 bits per heavy atom. The number of hydrogen-bond donors (Lipinski definition) is 0. The maximum Gasteiger partial charge on any atom is 0.268 e. The molecule has 0 unspecified atom stereocenters. The van der Waals surface area contributed by atoms with Crippen molar-refractivity contribution in [3.05, 3.63) is 167 Å². The Balaban J connectivity index is 0.00000384. The first-order chi connectivity index (χ1) is 20.8. The van der Waals surface area contributed by atoms with Crippen LogP contribution in [0, 0.1) is 13.8 Å². The Hall–Kier alpha value is -3.47. The zero-order valence-electron chi connectivity index (χ0n) is 24.4. The lowest BCUT2D eigenvalue weighted by Gasteiger charge is -2.27. The minimum atomic E-state index is -3.89. The fraction of sp³-hybridized carbons (Fsp3) is 0.0811. The van der Waals surface area contributed by atoms with Gasteiger partial charge in [-0.3, -0.25) is 0 Å². The molecule has 6 aromatic rings. The van der Waals surface area contributed by atoms with E-state index in [1.807, 2.05) is 74.6 Å². The molecule has 0 bridgehead atoms. The molecule has 0 saturated heterocycles. The van der Waals surface area contributed by atoms with Crippen molar-refractivity contribution in [1.82, 2.24) is 3.97 Å². The summed E-state index contributed by atoms with van der Waals surface area (Å²) in [5.41, 5.74) is 4.25. The van der Waals surface area contributed by atoms with Gasteiger partial charge in [0.25, 0.3) is 10.0 Å². The summed E-state index contributed by atoms with van der Waals surface area (Å²) in [6, 6.07) is 46.6. The summed E-state index contributed by atoms with van der Waals surface area (Å²) >= 11 is 6.38. The van der Waals surface area contributed by atoms with E-state index in [0.717, 1.165) is 22.3 Å². The van der Waals surface area contributed by atoms with Crippen LogP contribution in [0.3, 0.4) is 0 Å². The molecule has 0 atom stereocenters. The quantitative estimate of drug-likeness (QED) is 0.206. The van der Waals surface area contributed by atoms with Crippen LogP contribution in [-0.2, 0) is 16.2 Å². The standard InChI is InChI=1S/C37H32ClNO2PS.BrH/c1-28-18-21-35(22-19-28)43(40,41)39-26-30(25-37(39)31-20-23-36(38)29(2)24-31)27-42(32-12-6-3-7-13-32,33-14-8-4-9-15-33)34-16-10-5-11-17-34;/h3-26H,27H2,1-2H3;1H/q+1;/p-1. The third-order valence-corrected chi connectivity index (χ3v) is 14.4. The van der Waals surface area contributed by atoms with Crippen LogP contribution in [0.2, 0.25) is 5.02 Å². The third-order valence-electron chi connectivity index (χ3n) is 7.88. The van der Waals surface area contributed by atoms with Crippen molar-refractivity contribution in [2.75, 3.05) is 0 Å². The molecule has 0 radical (unpaired) electrons. The van der Waals surface area contributed by atoms with Gasteiger partial charge in [-0.15, -0.1) is 0 Å². The molecule has 1 heterocycles. The highest BCUT2D eigenvalue weighted by Gasteiger charge is 2.46. The normalized spacial score (nSPS) is 11.6. The van der Waals surface area contributed by atoms with Gasteiger partial charge in [-0.05, 0) is 91.7 Å². The molecule has 1 aromatic heterocycles. The van der Waals surface area contributed by atoms with Gasteiger partial charge in [0.15, 0.2) is 0 Å². The van der Waals surface area contributed by atoms with Crippen LogP contribution < -0.4 is 32.9 Å². The fourth-order valence-corrected chi connectivity index (χ4v) is 11.4. The fourth-order valence-electron chi connectivity index (χ4n) is 5.66. The Morgan fingerprint density at radius 1 is 0.659 bits per heavy atom. The van der Waals surface area contributed by atoms with Crippen molar-refractivity contribution in [3.63, 3.8) is 0 Å². The van der Waals surface area contributed by atoms with Crippen molar-refractivity contribution in [2.45, 2.75) is 24.9 Å². The summed E-state index contributed by atoms with van der Waals surface area (Å²) in [5.74, 6) is 0. The second-order valence-corrected chi connectivity index (χ2v) is 16.5. The summed E-state index contributed by atoms with van der Waals surface area (Å²) in [5, 5.41) is 4.37. The number of aromatic nitrogens is 1. The van der Waals surface area contributed by atoms with Gasteiger partial charge in [-0.25, -0.2) is 12.4 Å². The van der Waals surface area contributed by atoms with E-state index in [-0.39, 0.29) is 21.9 Å². The van der Waals surface area contributed by atoms with Crippen LogP contribution in [0.4, 0.5) is 0 Å². The number of nitrogens with zero attached hydrogens (tertiary/aromatic N) is 1. The van der Waals surface area contributed by atoms with E-state index < -0.39 is 17.3 Å². The van der Waals surface area contributed by atoms with Crippen molar-refractivity contribution in [3.8, 4) is 11.3 Å². The first kappa shape index (κ1) is 31.9. The van der Waals surface area contributed by atoms with Gasteiger partial charge >= 0.3 is 0 Å². The largest absolute Gasteiger partial charge is 1.00 e. The van der Waals surface area contributed by atoms with Gasteiger partial charge in [0.1, 0.15) is 23.2 Å². The molecule has 0 saturated carbocycles. The number of halogens is 2. The minimum absolute atomic E-state index is 0. The van der Waals surface area contributed by atoms with Gasteiger partial charge in [-0.2, -0.15) is 0 Å². The van der Waals surface area contributed by atoms with Crippen LogP contribution >= 0.6 is 18.9 Å². The molecule has 0 aliphatic rings. The predicted octanol–water partition coefficient (Wildman–Crippen LogP) is 5.16. The van der Waals surface area contributed by atoms with Crippen LogP contribution in [0.25, 0.3) is 11.3 Å². The van der Waals surface area contributed by atoms with E-state index in [2.05, 4.69) is 72.8 Å². The molecule has 6 rings (SSSR count). The zero-order valence-corrected chi connectivity index (χ0v) is 28.5. The van der Waals surface area contributed by atoms with Gasteiger partial charge in [0.05, 0.1) is 16.8 Å². The maximum atomic E-state index is 14.2. The Kier molecular flexibility index (Phi) is 9.62. The van der Waals surface area contributed by atoms with Crippen LogP contribution in [-0.4, -0.2) is 12.4 Å². The predicted molar refractivity (Wildman–Crippen MR) is 182 cm³/mol. The van der Waals surface area contributed by atoms with Crippen LogP contribution in [0.1, 0.15) is 16.7 Å². The summed E-state index contributed by atoms with van der Waals surface area (Å²) in [4.78, 5) is 0.252. The summed E-state index contributed by atoms with van der Waals surface area (Å²) < 4.78 is 29.9. The highest BCUT2D eigenvalue weighted by Crippen LogP contribution is 2.58. The first-order valence-electron chi connectivity index (χ1n) is 14.1. The van der Waals surface area contributed by atoms with Gasteiger partial charge in [-0.1, -0.05) is 90.0 Å². The molecule has 7 heteroatoms. The minimum Gasteiger partial charge on any atom is -1.00 e. The van der Waals surface area contributed by atoms with Crippen molar-refractivity contribution in [2.24, 2.45) is 0 Å². The Labute approximate surface area is 276 Å². The molecule has 222 valence electrons. The molecule has 3 nitrogen and oxygen atoms in total. The molecule has 0 N–H and O–H groups in total. The Bertz CT molecular complexity index is 1880. The van der Waals surface area contributed by atoms with Gasteiger partial charge in [0.2, 0.25) is 0 Å². The number of rotatable bonds is 8. The second kappa shape index (κ2) is 13.3. The van der Waals surface area contributed by atoms with E-state index in [4.69, 9.17) is 11.6 Å². The number of aryl methyl sites for hydroxylation is 2. The lowest BCUT2D eigenvalue weighted by Crippen LogP contribution is -3.00. The average Bonchev–Trinajstić information content (AvgIpc) is 3.47. The first-order valence-corrected chi connectivity index (χ1v) is 17.9. The third kappa shape index (κ3) is 6.07. The highest BCUT2D eigenvalue weighted by atomic mass is 79.9. The summed E-state index contributed by atoms with van der Waals surface area (Å²) in [6.45, 7) is 3.89. The molecule has 5 aromatic carbocycles. The van der Waals surface area contributed by atoms with Gasteiger partial charge < -0.3 is 17.0 Å². The molecule has 0 amide bonds. The van der Waals surface area contributed by atoms with Crippen molar-refractivity contribution in [1.29, 1.82) is 0 Å². The molecule has 0 spiro atoms. The van der Waals surface area contributed by atoms with Crippen LogP contribution in [0.15, 0.2) is 151 Å². The van der Waals surface area contributed by atoms with Crippen molar-refractivity contribution < 1.29 is 25.4 Å². The summed E-state index contributed by atoms with van der Waals surface area (Å²) in [6.07, 6.45) is 2.47. The van der Waals surface area contributed by atoms with E-state index in [9.17, 15) is 8.42 Å². The SMILES string of the molecule is Cc1ccc(S(=O)(=O)n2cc(C[P+](c3ccccc3)(c3ccccc3)c3ccccc3)cc2-c2ccc(Cl)c(C)c2)cc1.[Br-]. The Morgan fingerprint density at radius 3 is 1.64 bits per heavy atom. The van der Waals surface area contributed by atoms with E-state index >= 15 is 0 Å². The lowest BCUT2D eigenvalue weighted by atomic mass is 10.1. The van der Waals surface area contributed by atoms with E-state index in [0.29, 0.717) is 16.9 Å². The average molecular weight is 701 g/mol. The lowest BCUT2D eigenvalue weighted by molar-refractivity contribution is -0.0000109. The highest BCUT2D eigenvalue weighted by molar-refractivity contribution is 7.95. The van der Waals surface area contributed by atoms with E-state index in [1.54, 1.807) is 12.1 Å². The molecule has 0 aliphatic carbocycles. The topological polar surface area (TPSA) is 39.1 Å². The van der Waals surface area contributed by atoms with E-state index in [1.165, 1.54) is 19.9 Å².